The van der Waals surface area contributed by atoms with Crippen LogP contribution in [0.4, 0.5) is 17.6 Å². The van der Waals surface area contributed by atoms with Crippen molar-refractivity contribution in [3.05, 3.63) is 36.2 Å². The molecular weight excluding hydrogens is 282 g/mol. The zero-order valence-electron chi connectivity index (χ0n) is 12.2. The molecular formula is C14H15N7O. The van der Waals surface area contributed by atoms with Crippen molar-refractivity contribution in [3.8, 4) is 6.07 Å². The normalized spacial score (nSPS) is 11.3. The van der Waals surface area contributed by atoms with Crippen LogP contribution in [0, 0.1) is 11.3 Å². The minimum atomic E-state index is -1.18. The highest BCUT2D eigenvalue weighted by atomic mass is 16.1. The molecule has 2 aromatic rings. The highest BCUT2D eigenvalue weighted by Gasteiger charge is 2.25. The van der Waals surface area contributed by atoms with Gasteiger partial charge in [0.05, 0.1) is 6.07 Å². The van der Waals surface area contributed by atoms with Crippen LogP contribution in [0.2, 0.25) is 0 Å². The van der Waals surface area contributed by atoms with Crippen LogP contribution < -0.4 is 16.0 Å². The molecule has 0 saturated heterocycles. The van der Waals surface area contributed by atoms with Gasteiger partial charge in [-0.15, -0.1) is 0 Å². The SMILES string of the molecule is CN(C)c1nc(N)nc([C@H](C#N)C(=O)Nc2ccccc2)n1. The molecule has 0 bridgehead atoms. The van der Waals surface area contributed by atoms with Gasteiger partial charge in [0.25, 0.3) is 0 Å². The van der Waals surface area contributed by atoms with Crippen molar-refractivity contribution < 1.29 is 4.79 Å². The summed E-state index contributed by atoms with van der Waals surface area (Å²) in [6.07, 6.45) is 0. The van der Waals surface area contributed by atoms with Gasteiger partial charge in [-0.05, 0) is 12.1 Å². The fraction of sp³-hybridized carbons (Fsp3) is 0.214. The van der Waals surface area contributed by atoms with E-state index in [1.807, 2.05) is 12.1 Å². The van der Waals surface area contributed by atoms with Crippen LogP contribution in [-0.2, 0) is 4.79 Å². The summed E-state index contributed by atoms with van der Waals surface area (Å²) in [6, 6.07) is 10.7. The van der Waals surface area contributed by atoms with Crippen molar-refractivity contribution in [1.29, 1.82) is 5.26 Å². The van der Waals surface area contributed by atoms with Crippen LogP contribution in [-0.4, -0.2) is 35.0 Å². The van der Waals surface area contributed by atoms with Crippen LogP contribution in [0.1, 0.15) is 11.7 Å². The number of carbonyl (C=O) groups is 1. The first-order valence-electron chi connectivity index (χ1n) is 6.45. The van der Waals surface area contributed by atoms with Crippen molar-refractivity contribution in [2.45, 2.75) is 5.92 Å². The Bertz CT molecular complexity index is 709. The second kappa shape index (κ2) is 6.49. The Morgan fingerprint density at radius 2 is 1.95 bits per heavy atom. The van der Waals surface area contributed by atoms with Crippen molar-refractivity contribution >= 4 is 23.5 Å². The van der Waals surface area contributed by atoms with E-state index in [1.165, 1.54) is 0 Å². The van der Waals surface area contributed by atoms with Gasteiger partial charge >= 0.3 is 0 Å². The maximum atomic E-state index is 12.2. The standard InChI is InChI=1S/C14H15N7O/c1-21(2)14-19-11(18-13(16)20-14)10(8-15)12(22)17-9-6-4-3-5-7-9/h3-7,10H,1-2H3,(H,17,22)(H2,16,18,19,20)/t10-/m0/s1. The molecule has 1 aromatic heterocycles. The molecule has 0 fully saturated rings. The van der Waals surface area contributed by atoms with E-state index in [0.29, 0.717) is 5.69 Å². The number of nitrogens with zero attached hydrogens (tertiary/aromatic N) is 5. The molecule has 1 heterocycles. The summed E-state index contributed by atoms with van der Waals surface area (Å²) in [6.45, 7) is 0. The van der Waals surface area contributed by atoms with Crippen LogP contribution in [0.5, 0.6) is 0 Å². The highest BCUT2D eigenvalue weighted by Crippen LogP contribution is 2.17. The van der Waals surface area contributed by atoms with E-state index in [2.05, 4.69) is 20.3 Å². The molecule has 8 heteroatoms. The Labute approximate surface area is 127 Å². The first kappa shape index (κ1) is 15.2. The van der Waals surface area contributed by atoms with Crippen LogP contribution in [0.15, 0.2) is 30.3 Å². The summed E-state index contributed by atoms with van der Waals surface area (Å²) in [5, 5.41) is 11.9. The first-order valence-corrected chi connectivity index (χ1v) is 6.45. The number of anilines is 3. The lowest BCUT2D eigenvalue weighted by atomic mass is 10.1. The largest absolute Gasteiger partial charge is 0.368 e. The predicted molar refractivity (Wildman–Crippen MR) is 82.0 cm³/mol. The number of hydrogen-bond acceptors (Lipinski definition) is 7. The Morgan fingerprint density at radius 3 is 2.55 bits per heavy atom. The molecule has 2 rings (SSSR count). The lowest BCUT2D eigenvalue weighted by Crippen LogP contribution is -2.24. The zero-order valence-corrected chi connectivity index (χ0v) is 12.2. The Kier molecular flexibility index (Phi) is 4.48. The molecule has 0 aliphatic heterocycles. The molecule has 22 heavy (non-hydrogen) atoms. The fourth-order valence-corrected chi connectivity index (χ4v) is 1.70. The highest BCUT2D eigenvalue weighted by molar-refractivity contribution is 5.97. The third kappa shape index (κ3) is 3.46. The second-order valence-electron chi connectivity index (χ2n) is 4.66. The number of nitrogens with one attached hydrogen (secondary N) is 1. The Balaban J connectivity index is 2.28. The number of nitrogens with two attached hydrogens (primary N) is 1. The number of nitriles is 1. The molecule has 8 nitrogen and oxygen atoms in total. The zero-order chi connectivity index (χ0) is 16.1. The van der Waals surface area contributed by atoms with Gasteiger partial charge in [0.2, 0.25) is 17.8 Å². The van der Waals surface area contributed by atoms with E-state index in [4.69, 9.17) is 5.73 Å². The molecule has 0 unspecified atom stereocenters. The number of nitrogen functional groups attached to an aromatic ring is 1. The van der Waals surface area contributed by atoms with Gasteiger partial charge in [0.1, 0.15) is 0 Å². The van der Waals surface area contributed by atoms with Gasteiger partial charge in [-0.1, -0.05) is 18.2 Å². The lowest BCUT2D eigenvalue weighted by Gasteiger charge is -2.13. The molecule has 0 saturated carbocycles. The van der Waals surface area contributed by atoms with Gasteiger partial charge in [-0.3, -0.25) is 4.79 Å². The minimum Gasteiger partial charge on any atom is -0.368 e. The third-order valence-electron chi connectivity index (χ3n) is 2.75. The van der Waals surface area contributed by atoms with E-state index in [0.717, 1.165) is 0 Å². The molecule has 1 amide bonds. The maximum absolute atomic E-state index is 12.2. The van der Waals surface area contributed by atoms with E-state index in [9.17, 15) is 10.1 Å². The lowest BCUT2D eigenvalue weighted by molar-refractivity contribution is -0.116. The second-order valence-corrected chi connectivity index (χ2v) is 4.66. The average Bonchev–Trinajstić information content (AvgIpc) is 2.48. The first-order chi connectivity index (χ1) is 10.5. The third-order valence-corrected chi connectivity index (χ3v) is 2.75. The summed E-state index contributed by atoms with van der Waals surface area (Å²) in [5.41, 5.74) is 6.20. The van der Waals surface area contributed by atoms with Crippen molar-refractivity contribution in [2.75, 3.05) is 30.0 Å². The molecule has 112 valence electrons. The van der Waals surface area contributed by atoms with Gasteiger partial charge in [0, 0.05) is 19.8 Å². The topological polar surface area (TPSA) is 121 Å². The number of rotatable bonds is 4. The van der Waals surface area contributed by atoms with Crippen molar-refractivity contribution in [3.63, 3.8) is 0 Å². The quantitative estimate of drug-likeness (QED) is 0.854. The molecule has 0 aliphatic rings. The van der Waals surface area contributed by atoms with Gasteiger partial charge in [0.15, 0.2) is 11.7 Å². The Morgan fingerprint density at radius 1 is 1.27 bits per heavy atom. The van der Waals surface area contributed by atoms with Crippen LogP contribution >= 0.6 is 0 Å². The summed E-state index contributed by atoms with van der Waals surface area (Å²) in [7, 11) is 3.45. The molecule has 1 atom stereocenters. The number of carbonyl (C=O) groups excluding carboxylic acids is 1. The summed E-state index contributed by atoms with van der Waals surface area (Å²) in [4.78, 5) is 25.8. The van der Waals surface area contributed by atoms with Gasteiger partial charge in [-0.2, -0.15) is 20.2 Å². The van der Waals surface area contributed by atoms with E-state index < -0.39 is 11.8 Å². The fourth-order valence-electron chi connectivity index (χ4n) is 1.70. The number of aromatic nitrogens is 3. The summed E-state index contributed by atoms with van der Waals surface area (Å²) in [5.74, 6) is -1.43. The molecule has 1 aromatic carbocycles. The van der Waals surface area contributed by atoms with Gasteiger partial charge in [-0.25, -0.2) is 0 Å². The molecule has 0 spiro atoms. The van der Waals surface area contributed by atoms with Crippen molar-refractivity contribution in [2.24, 2.45) is 0 Å². The number of para-hydroxylation sites is 1. The monoisotopic (exact) mass is 297 g/mol. The maximum Gasteiger partial charge on any atom is 0.249 e. The van der Waals surface area contributed by atoms with Gasteiger partial charge < -0.3 is 16.0 Å². The number of amides is 1. The van der Waals surface area contributed by atoms with E-state index in [-0.39, 0.29) is 17.7 Å². The van der Waals surface area contributed by atoms with E-state index in [1.54, 1.807) is 43.3 Å². The van der Waals surface area contributed by atoms with Crippen LogP contribution in [0.3, 0.4) is 0 Å². The summed E-state index contributed by atoms with van der Waals surface area (Å²) < 4.78 is 0. The number of benzene rings is 1. The summed E-state index contributed by atoms with van der Waals surface area (Å²) >= 11 is 0. The molecule has 0 aliphatic carbocycles. The molecule has 3 N–H and O–H groups in total. The Hall–Kier alpha value is -3.21. The smallest absolute Gasteiger partial charge is 0.249 e. The number of hydrogen-bond donors (Lipinski definition) is 2. The molecule has 0 radical (unpaired) electrons. The van der Waals surface area contributed by atoms with Crippen LogP contribution in [0.25, 0.3) is 0 Å². The van der Waals surface area contributed by atoms with Crippen molar-refractivity contribution in [1.82, 2.24) is 15.0 Å². The average molecular weight is 297 g/mol. The predicted octanol–water partition coefficient (Wildman–Crippen LogP) is 0.766. The van der Waals surface area contributed by atoms with E-state index >= 15 is 0 Å². The minimum absolute atomic E-state index is 0.0205.